The number of carbonyl (C=O) groups is 2. The van der Waals surface area contributed by atoms with Crippen LogP contribution in [0.4, 0.5) is 0 Å². The van der Waals surface area contributed by atoms with Crippen LogP contribution in [0.3, 0.4) is 0 Å². The summed E-state index contributed by atoms with van der Waals surface area (Å²) in [6, 6.07) is 1.88. The molecule has 4 bridgehead atoms. The number of aliphatic hydroxyl groups is 1. The molecule has 6 rings (SSSR count). The third-order valence-corrected chi connectivity index (χ3v) is 7.69. The zero-order valence-electron chi connectivity index (χ0n) is 20.1. The Morgan fingerprint density at radius 2 is 1.97 bits per heavy atom. The number of nitrogens with zero attached hydrogens (tertiary/aromatic N) is 4. The largest absolute Gasteiger partial charge is 0.390 e. The lowest BCUT2D eigenvalue weighted by Gasteiger charge is -2.58. The second-order valence-electron chi connectivity index (χ2n) is 10.9. The van der Waals surface area contributed by atoms with Crippen molar-refractivity contribution in [2.75, 3.05) is 0 Å². The maximum Gasteiger partial charge on any atom is 0.257 e. The Kier molecular flexibility index (Phi) is 5.62. The van der Waals surface area contributed by atoms with Gasteiger partial charge in [-0.1, -0.05) is 6.92 Å². The van der Waals surface area contributed by atoms with Crippen molar-refractivity contribution in [3.63, 3.8) is 0 Å². The number of hydrogen-bond donors (Lipinski definition) is 3. The Morgan fingerprint density at radius 1 is 1.24 bits per heavy atom. The van der Waals surface area contributed by atoms with E-state index in [1.54, 1.807) is 40.2 Å². The van der Waals surface area contributed by atoms with E-state index in [9.17, 15) is 14.7 Å². The zero-order valence-corrected chi connectivity index (χ0v) is 20.1. The van der Waals surface area contributed by atoms with Crippen molar-refractivity contribution in [2.24, 2.45) is 17.8 Å². The van der Waals surface area contributed by atoms with Gasteiger partial charge in [-0.05, 0) is 75.8 Å². The summed E-state index contributed by atoms with van der Waals surface area (Å²) in [5.74, 6) is 1.56. The molecule has 2 heterocycles. The molecule has 9 nitrogen and oxygen atoms in total. The fourth-order valence-corrected chi connectivity index (χ4v) is 6.44. The van der Waals surface area contributed by atoms with E-state index in [0.717, 1.165) is 32.1 Å². The van der Waals surface area contributed by atoms with Crippen molar-refractivity contribution in [3.8, 4) is 5.82 Å². The van der Waals surface area contributed by atoms with Crippen molar-refractivity contribution in [1.29, 1.82) is 0 Å². The molecule has 2 aromatic rings. The molecule has 182 valence electrons. The molecule has 3 N–H and O–H groups in total. The molecule has 0 spiro atoms. The lowest BCUT2D eigenvalue weighted by Crippen LogP contribution is -2.61. The minimum Gasteiger partial charge on any atom is -0.390 e. The highest BCUT2D eigenvalue weighted by Crippen LogP contribution is 2.55. The van der Waals surface area contributed by atoms with E-state index in [-0.39, 0.29) is 17.9 Å². The third kappa shape index (κ3) is 4.29. The fraction of sp³-hybridized carbons (Fsp3) is 0.600. The maximum absolute atomic E-state index is 13.5. The van der Waals surface area contributed by atoms with Crippen LogP contribution in [0.5, 0.6) is 0 Å². The number of amides is 2. The van der Waals surface area contributed by atoms with Crippen molar-refractivity contribution in [1.82, 2.24) is 30.2 Å². The number of carbonyl (C=O) groups excluding carboxylic acids is 2. The van der Waals surface area contributed by atoms with Crippen molar-refractivity contribution >= 4 is 18.0 Å². The molecule has 4 aliphatic rings. The molecule has 4 aliphatic carbocycles. The Balaban J connectivity index is 1.39. The van der Waals surface area contributed by atoms with Gasteiger partial charge >= 0.3 is 0 Å². The second-order valence-corrected chi connectivity index (χ2v) is 10.9. The quantitative estimate of drug-likeness (QED) is 0.580. The molecular weight excluding hydrogens is 432 g/mol. The summed E-state index contributed by atoms with van der Waals surface area (Å²) >= 11 is 0. The predicted octanol–water partition coefficient (Wildman–Crippen LogP) is 2.51. The van der Waals surface area contributed by atoms with Crippen molar-refractivity contribution < 1.29 is 14.7 Å². The first-order valence-electron chi connectivity index (χ1n) is 12.3. The second kappa shape index (κ2) is 8.37. The molecule has 34 heavy (non-hydrogen) atoms. The summed E-state index contributed by atoms with van der Waals surface area (Å²) < 4.78 is 3.24. The standard InChI is InChI=1S/C25H34N6O3/c1-4-20(32)29-24(2,3)6-9-31-23(30-8-5-7-26-30)19(15-27-31)22(33)28-21-17-10-16-11-18(21)14-25(34,12-16)13-17/h5-9,15-18,21,34H,4,10-14H2,1-3H3,(H,28,33)(H,29,32)/b9-6+/t16?,17?,18?,21-,25-. The lowest BCUT2D eigenvalue weighted by molar-refractivity contribution is -0.136. The third-order valence-electron chi connectivity index (χ3n) is 7.69. The van der Waals surface area contributed by atoms with Crippen LogP contribution in [-0.4, -0.2) is 53.7 Å². The van der Waals surface area contributed by atoms with Gasteiger partial charge in [0.2, 0.25) is 5.91 Å². The molecular formula is C25H34N6O3. The molecule has 2 aromatic heterocycles. The van der Waals surface area contributed by atoms with Gasteiger partial charge in [0.05, 0.1) is 17.3 Å². The monoisotopic (exact) mass is 466 g/mol. The Bertz CT molecular complexity index is 1090. The molecule has 2 unspecified atom stereocenters. The first-order chi connectivity index (χ1) is 16.2. The molecule has 0 aromatic carbocycles. The van der Waals surface area contributed by atoms with E-state index in [4.69, 9.17) is 0 Å². The zero-order chi connectivity index (χ0) is 24.1. The predicted molar refractivity (Wildman–Crippen MR) is 127 cm³/mol. The van der Waals surface area contributed by atoms with E-state index in [1.807, 2.05) is 26.8 Å². The van der Waals surface area contributed by atoms with Gasteiger partial charge in [-0.2, -0.15) is 10.2 Å². The van der Waals surface area contributed by atoms with Gasteiger partial charge in [-0.3, -0.25) is 9.59 Å². The lowest BCUT2D eigenvalue weighted by atomic mass is 9.52. The molecule has 2 atom stereocenters. The van der Waals surface area contributed by atoms with Crippen LogP contribution in [0.2, 0.25) is 0 Å². The summed E-state index contributed by atoms with van der Waals surface area (Å²) in [7, 11) is 0. The summed E-state index contributed by atoms with van der Waals surface area (Å²) in [4.78, 5) is 25.3. The van der Waals surface area contributed by atoms with Gasteiger partial charge in [0.1, 0.15) is 5.56 Å². The Labute approximate surface area is 199 Å². The maximum atomic E-state index is 13.5. The molecule has 2 amide bonds. The van der Waals surface area contributed by atoms with E-state index >= 15 is 0 Å². The molecule has 0 radical (unpaired) electrons. The van der Waals surface area contributed by atoms with Crippen LogP contribution in [0.1, 0.15) is 69.7 Å². The summed E-state index contributed by atoms with van der Waals surface area (Å²) in [5, 5.41) is 25.9. The molecule has 0 saturated heterocycles. The average Bonchev–Trinajstić information content (AvgIpc) is 3.42. The van der Waals surface area contributed by atoms with Crippen LogP contribution < -0.4 is 10.6 Å². The van der Waals surface area contributed by atoms with Gasteiger partial charge in [0.25, 0.3) is 5.91 Å². The van der Waals surface area contributed by atoms with Gasteiger partial charge < -0.3 is 15.7 Å². The number of aromatic nitrogens is 4. The smallest absolute Gasteiger partial charge is 0.257 e. The van der Waals surface area contributed by atoms with Crippen LogP contribution >= 0.6 is 0 Å². The van der Waals surface area contributed by atoms with Gasteiger partial charge in [0, 0.05) is 31.1 Å². The number of nitrogens with one attached hydrogen (secondary N) is 2. The average molecular weight is 467 g/mol. The van der Waals surface area contributed by atoms with Crippen molar-refractivity contribution in [2.45, 2.75) is 76.5 Å². The van der Waals surface area contributed by atoms with Crippen LogP contribution in [-0.2, 0) is 4.79 Å². The number of hydrogen-bond acceptors (Lipinski definition) is 5. The Morgan fingerprint density at radius 3 is 2.59 bits per heavy atom. The van der Waals surface area contributed by atoms with E-state index in [0.29, 0.717) is 35.6 Å². The molecule has 4 fully saturated rings. The van der Waals surface area contributed by atoms with Crippen LogP contribution in [0.15, 0.2) is 30.7 Å². The fourth-order valence-electron chi connectivity index (χ4n) is 6.44. The molecule has 9 heteroatoms. The van der Waals surface area contributed by atoms with Crippen molar-refractivity contribution in [3.05, 3.63) is 36.3 Å². The first kappa shape index (κ1) is 22.8. The molecule has 4 saturated carbocycles. The summed E-state index contributed by atoms with van der Waals surface area (Å²) in [5.41, 5.74) is -0.673. The highest BCUT2D eigenvalue weighted by Gasteiger charge is 2.55. The van der Waals surface area contributed by atoms with Gasteiger partial charge in [0.15, 0.2) is 5.82 Å². The van der Waals surface area contributed by atoms with E-state index < -0.39 is 11.1 Å². The van der Waals surface area contributed by atoms with E-state index in [2.05, 4.69) is 20.8 Å². The normalized spacial score (nSPS) is 30.1. The SMILES string of the molecule is CCC(=O)NC(C)(C)/C=C/n1ncc(C(=O)N[C@H]2C3CC4CC2C[C@](O)(C4)C3)c1-n1cccn1. The highest BCUT2D eigenvalue weighted by atomic mass is 16.3. The summed E-state index contributed by atoms with van der Waals surface area (Å²) in [6.45, 7) is 5.62. The number of rotatable bonds is 7. The van der Waals surface area contributed by atoms with Crippen LogP contribution in [0.25, 0.3) is 12.0 Å². The van der Waals surface area contributed by atoms with Crippen LogP contribution in [0, 0.1) is 17.8 Å². The topological polar surface area (TPSA) is 114 Å². The van der Waals surface area contributed by atoms with Gasteiger partial charge in [-0.25, -0.2) is 9.36 Å². The molecule has 0 aliphatic heterocycles. The van der Waals surface area contributed by atoms with Gasteiger partial charge in [-0.15, -0.1) is 0 Å². The first-order valence-corrected chi connectivity index (χ1v) is 12.3. The minimum atomic E-state index is -0.580. The minimum absolute atomic E-state index is 0.0391. The highest BCUT2D eigenvalue weighted by molar-refractivity contribution is 5.97. The Hall–Kier alpha value is -2.94. The summed E-state index contributed by atoms with van der Waals surface area (Å²) in [6.07, 6.45) is 13.6. The van der Waals surface area contributed by atoms with E-state index in [1.165, 1.54) is 0 Å².